The zero-order valence-corrected chi connectivity index (χ0v) is 10.4. The third-order valence-electron chi connectivity index (χ3n) is 4.33. The number of carboxylic acid groups (broad SMARTS) is 1. The fraction of sp³-hybridized carbons (Fsp3) is 0.923. The normalized spacial score (nSPS) is 35.3. The first-order chi connectivity index (χ1) is 7.54. The lowest BCUT2D eigenvalue weighted by molar-refractivity contribution is -0.154. The highest BCUT2D eigenvalue weighted by atomic mass is 16.4. The number of rotatable bonds is 4. The van der Waals surface area contributed by atoms with Crippen LogP contribution < -0.4 is 0 Å². The van der Waals surface area contributed by atoms with Gasteiger partial charge in [0.05, 0.1) is 0 Å². The van der Waals surface area contributed by atoms with Gasteiger partial charge in [0.25, 0.3) is 0 Å². The Morgan fingerprint density at radius 1 is 1.44 bits per heavy atom. The summed E-state index contributed by atoms with van der Waals surface area (Å²) in [6.45, 7) is 3.15. The summed E-state index contributed by atoms with van der Waals surface area (Å²) in [5.74, 6) is 0.701. The molecule has 2 rings (SSSR count). The topological polar surface area (TPSA) is 40.5 Å². The van der Waals surface area contributed by atoms with E-state index in [1.165, 1.54) is 19.3 Å². The summed E-state index contributed by atoms with van der Waals surface area (Å²) in [5.41, 5.74) is -0.569. The second-order valence-corrected chi connectivity index (χ2v) is 5.86. The number of hydrogen-bond acceptors (Lipinski definition) is 2. The van der Waals surface area contributed by atoms with Crippen LogP contribution in [-0.4, -0.2) is 35.1 Å². The van der Waals surface area contributed by atoms with Gasteiger partial charge in [0.1, 0.15) is 5.54 Å². The van der Waals surface area contributed by atoms with Crippen molar-refractivity contribution in [3.63, 3.8) is 0 Å². The summed E-state index contributed by atoms with van der Waals surface area (Å²) >= 11 is 0. The van der Waals surface area contributed by atoms with Crippen molar-refractivity contribution in [2.45, 2.75) is 51.0 Å². The van der Waals surface area contributed by atoms with E-state index in [1.807, 2.05) is 7.05 Å². The fourth-order valence-corrected chi connectivity index (χ4v) is 3.09. The molecule has 2 aliphatic rings. The predicted octanol–water partition coefficient (Wildman–Crippen LogP) is 2.36. The average molecular weight is 225 g/mol. The maximum atomic E-state index is 11.6. The van der Waals surface area contributed by atoms with Gasteiger partial charge in [0, 0.05) is 6.54 Å². The predicted molar refractivity (Wildman–Crippen MR) is 63.4 cm³/mol. The molecule has 0 saturated heterocycles. The molecular formula is C13H23NO2. The number of carboxylic acids is 1. The number of carbonyl (C=O) groups is 1. The molecule has 0 aliphatic heterocycles. The van der Waals surface area contributed by atoms with Crippen molar-refractivity contribution in [2.24, 2.45) is 11.8 Å². The van der Waals surface area contributed by atoms with Gasteiger partial charge in [-0.3, -0.25) is 9.69 Å². The second-order valence-electron chi connectivity index (χ2n) is 5.86. The molecule has 16 heavy (non-hydrogen) atoms. The number of likely N-dealkylation sites (N-methyl/N-ethyl adjacent to an activating group) is 1. The fourth-order valence-electron chi connectivity index (χ4n) is 3.09. The Kier molecular flexibility index (Phi) is 3.24. The first-order valence-electron chi connectivity index (χ1n) is 6.49. The number of aliphatic carboxylic acids is 1. The highest BCUT2D eigenvalue weighted by Crippen LogP contribution is 2.39. The third kappa shape index (κ3) is 2.24. The molecule has 0 aromatic heterocycles. The van der Waals surface area contributed by atoms with Gasteiger partial charge >= 0.3 is 5.97 Å². The van der Waals surface area contributed by atoms with E-state index in [2.05, 4.69) is 11.8 Å². The van der Waals surface area contributed by atoms with E-state index in [9.17, 15) is 9.90 Å². The molecule has 2 aliphatic carbocycles. The number of nitrogens with zero attached hydrogens (tertiary/aromatic N) is 1. The first-order valence-corrected chi connectivity index (χ1v) is 6.49. The van der Waals surface area contributed by atoms with Gasteiger partial charge in [-0.15, -0.1) is 0 Å². The first kappa shape index (κ1) is 11.9. The standard InChI is InChI=1S/C13H23NO2/c1-10-4-3-7-13(8-10,12(15)16)14(2)9-11-5-6-11/h10-11H,3-9H2,1-2H3,(H,15,16). The van der Waals surface area contributed by atoms with Crippen molar-refractivity contribution < 1.29 is 9.90 Å². The second kappa shape index (κ2) is 4.36. The van der Waals surface area contributed by atoms with Crippen LogP contribution in [0.2, 0.25) is 0 Å². The summed E-state index contributed by atoms with van der Waals surface area (Å²) in [6, 6.07) is 0. The molecule has 0 heterocycles. The van der Waals surface area contributed by atoms with Crippen molar-refractivity contribution in [2.75, 3.05) is 13.6 Å². The van der Waals surface area contributed by atoms with Crippen LogP contribution in [0.15, 0.2) is 0 Å². The van der Waals surface area contributed by atoms with Crippen molar-refractivity contribution in [3.05, 3.63) is 0 Å². The minimum atomic E-state index is -0.609. The molecule has 2 saturated carbocycles. The smallest absolute Gasteiger partial charge is 0.324 e. The zero-order chi connectivity index (χ0) is 11.8. The SMILES string of the molecule is CC1CCCC(C(=O)O)(N(C)CC2CC2)C1. The maximum absolute atomic E-state index is 11.6. The quantitative estimate of drug-likeness (QED) is 0.798. The monoisotopic (exact) mass is 225 g/mol. The van der Waals surface area contributed by atoms with Crippen LogP contribution in [0.1, 0.15) is 45.4 Å². The Bertz CT molecular complexity index is 275. The highest BCUT2D eigenvalue weighted by molar-refractivity contribution is 5.79. The molecule has 2 unspecified atom stereocenters. The Labute approximate surface area is 97.8 Å². The maximum Gasteiger partial charge on any atom is 0.324 e. The third-order valence-corrected chi connectivity index (χ3v) is 4.33. The van der Waals surface area contributed by atoms with Crippen LogP contribution in [0.4, 0.5) is 0 Å². The summed E-state index contributed by atoms with van der Waals surface area (Å²) in [6.07, 6.45) is 6.47. The van der Waals surface area contributed by atoms with Crippen LogP contribution in [0.3, 0.4) is 0 Å². The number of hydrogen-bond donors (Lipinski definition) is 1. The minimum Gasteiger partial charge on any atom is -0.480 e. The Hall–Kier alpha value is -0.570. The van der Waals surface area contributed by atoms with Gasteiger partial charge < -0.3 is 5.11 Å². The molecule has 0 aromatic rings. The van der Waals surface area contributed by atoms with Crippen LogP contribution >= 0.6 is 0 Å². The van der Waals surface area contributed by atoms with Crippen molar-refractivity contribution in [1.82, 2.24) is 4.90 Å². The Morgan fingerprint density at radius 2 is 2.12 bits per heavy atom. The summed E-state index contributed by atoms with van der Waals surface area (Å²) in [4.78, 5) is 13.8. The van der Waals surface area contributed by atoms with E-state index in [0.717, 1.165) is 31.7 Å². The molecule has 0 amide bonds. The van der Waals surface area contributed by atoms with E-state index in [-0.39, 0.29) is 0 Å². The zero-order valence-electron chi connectivity index (χ0n) is 10.4. The molecule has 3 heteroatoms. The molecule has 1 N–H and O–H groups in total. The van der Waals surface area contributed by atoms with E-state index in [4.69, 9.17) is 0 Å². The van der Waals surface area contributed by atoms with E-state index in [0.29, 0.717) is 5.92 Å². The molecule has 0 spiro atoms. The lowest BCUT2D eigenvalue weighted by atomic mass is 9.75. The summed E-state index contributed by atoms with van der Waals surface area (Å²) in [5, 5.41) is 9.57. The summed E-state index contributed by atoms with van der Waals surface area (Å²) in [7, 11) is 2.00. The van der Waals surface area contributed by atoms with Crippen molar-refractivity contribution >= 4 is 5.97 Å². The van der Waals surface area contributed by atoms with Crippen LogP contribution in [0.5, 0.6) is 0 Å². The minimum absolute atomic E-state index is 0.548. The molecule has 2 atom stereocenters. The van der Waals surface area contributed by atoms with Crippen LogP contribution in [0, 0.1) is 11.8 Å². The van der Waals surface area contributed by atoms with Crippen LogP contribution in [-0.2, 0) is 4.79 Å². The molecule has 0 radical (unpaired) electrons. The van der Waals surface area contributed by atoms with Gasteiger partial charge in [-0.2, -0.15) is 0 Å². The van der Waals surface area contributed by atoms with Crippen molar-refractivity contribution in [3.8, 4) is 0 Å². The highest BCUT2D eigenvalue weighted by Gasteiger charge is 2.46. The molecule has 92 valence electrons. The van der Waals surface area contributed by atoms with Gasteiger partial charge in [-0.05, 0) is 44.6 Å². The Morgan fingerprint density at radius 3 is 2.62 bits per heavy atom. The molecule has 0 aromatic carbocycles. The molecule has 2 fully saturated rings. The van der Waals surface area contributed by atoms with E-state index < -0.39 is 11.5 Å². The van der Waals surface area contributed by atoms with Gasteiger partial charge in [0.2, 0.25) is 0 Å². The van der Waals surface area contributed by atoms with Gasteiger partial charge in [0.15, 0.2) is 0 Å². The molecule has 3 nitrogen and oxygen atoms in total. The van der Waals surface area contributed by atoms with Crippen LogP contribution in [0.25, 0.3) is 0 Å². The largest absolute Gasteiger partial charge is 0.480 e. The van der Waals surface area contributed by atoms with Gasteiger partial charge in [-0.1, -0.05) is 19.8 Å². The van der Waals surface area contributed by atoms with E-state index in [1.54, 1.807) is 0 Å². The van der Waals surface area contributed by atoms with Crippen molar-refractivity contribution in [1.29, 1.82) is 0 Å². The molecule has 0 bridgehead atoms. The average Bonchev–Trinajstić information content (AvgIpc) is 3.01. The van der Waals surface area contributed by atoms with E-state index >= 15 is 0 Å². The lowest BCUT2D eigenvalue weighted by Gasteiger charge is -2.43. The molecular weight excluding hydrogens is 202 g/mol. The Balaban J connectivity index is 2.09. The summed E-state index contributed by atoms with van der Waals surface area (Å²) < 4.78 is 0. The lowest BCUT2D eigenvalue weighted by Crippen LogP contribution is -2.55. The van der Waals surface area contributed by atoms with Gasteiger partial charge in [-0.25, -0.2) is 0 Å².